The van der Waals surface area contributed by atoms with Gasteiger partial charge in [0.1, 0.15) is 0 Å². The normalized spacial score (nSPS) is 20.2. The summed E-state index contributed by atoms with van der Waals surface area (Å²) < 4.78 is 5.65. The number of aryl methyl sites for hydroxylation is 1. The van der Waals surface area contributed by atoms with E-state index in [4.69, 9.17) is 4.74 Å². The molecule has 1 fully saturated rings. The molecule has 2 rings (SSSR count). The van der Waals surface area contributed by atoms with Gasteiger partial charge in [0.2, 0.25) is 5.88 Å². The summed E-state index contributed by atoms with van der Waals surface area (Å²) in [6.45, 7) is 5.22. The SMILES string of the molecule is Cc1ccnc(OCCCC2CCCNC2)c1. The fraction of sp³-hybridized carbons (Fsp3) is 0.643. The molecule has 1 N–H and O–H groups in total. The Labute approximate surface area is 104 Å². The van der Waals surface area contributed by atoms with Crippen molar-refractivity contribution in [2.75, 3.05) is 19.7 Å². The predicted molar refractivity (Wildman–Crippen MR) is 69.3 cm³/mol. The molecule has 0 spiro atoms. The van der Waals surface area contributed by atoms with Crippen LogP contribution in [0.15, 0.2) is 18.3 Å². The van der Waals surface area contributed by atoms with Crippen molar-refractivity contribution >= 4 is 0 Å². The van der Waals surface area contributed by atoms with Gasteiger partial charge >= 0.3 is 0 Å². The van der Waals surface area contributed by atoms with Crippen LogP contribution in [0.5, 0.6) is 5.88 Å². The third-order valence-corrected chi connectivity index (χ3v) is 3.30. The Morgan fingerprint density at radius 1 is 1.53 bits per heavy atom. The molecule has 1 saturated heterocycles. The van der Waals surface area contributed by atoms with E-state index in [2.05, 4.69) is 17.2 Å². The minimum absolute atomic E-state index is 0.756. The number of aromatic nitrogens is 1. The lowest BCUT2D eigenvalue weighted by atomic mass is 9.95. The van der Waals surface area contributed by atoms with Gasteiger partial charge in [-0.1, -0.05) is 0 Å². The topological polar surface area (TPSA) is 34.1 Å². The molecule has 0 aromatic carbocycles. The fourth-order valence-corrected chi connectivity index (χ4v) is 2.31. The summed E-state index contributed by atoms with van der Waals surface area (Å²) in [5, 5.41) is 3.45. The van der Waals surface area contributed by atoms with Gasteiger partial charge in [-0.25, -0.2) is 4.98 Å². The Bertz CT molecular complexity index is 335. The van der Waals surface area contributed by atoms with Crippen LogP contribution in [0.25, 0.3) is 0 Å². The Balaban J connectivity index is 1.62. The number of piperidine rings is 1. The van der Waals surface area contributed by atoms with Gasteiger partial charge in [-0.3, -0.25) is 0 Å². The summed E-state index contributed by atoms with van der Waals surface area (Å²) in [5.74, 6) is 1.60. The molecular formula is C14H22N2O. The van der Waals surface area contributed by atoms with Crippen LogP contribution in [0.1, 0.15) is 31.2 Å². The van der Waals surface area contributed by atoms with Gasteiger partial charge in [0, 0.05) is 12.3 Å². The van der Waals surface area contributed by atoms with Crippen molar-refractivity contribution < 1.29 is 4.74 Å². The quantitative estimate of drug-likeness (QED) is 0.795. The van der Waals surface area contributed by atoms with Gasteiger partial charge < -0.3 is 10.1 Å². The van der Waals surface area contributed by atoms with Crippen LogP contribution in [0, 0.1) is 12.8 Å². The first-order valence-electron chi connectivity index (χ1n) is 6.61. The summed E-state index contributed by atoms with van der Waals surface area (Å²) in [6.07, 6.45) is 6.89. The minimum Gasteiger partial charge on any atom is -0.478 e. The molecule has 0 saturated carbocycles. The third-order valence-electron chi connectivity index (χ3n) is 3.30. The zero-order valence-corrected chi connectivity index (χ0v) is 10.6. The van der Waals surface area contributed by atoms with E-state index in [0.717, 1.165) is 24.8 Å². The molecule has 0 amide bonds. The highest BCUT2D eigenvalue weighted by Crippen LogP contribution is 2.16. The van der Waals surface area contributed by atoms with Gasteiger partial charge in [0.15, 0.2) is 0 Å². The number of nitrogens with zero attached hydrogens (tertiary/aromatic N) is 1. The smallest absolute Gasteiger partial charge is 0.213 e. The summed E-state index contributed by atoms with van der Waals surface area (Å²) in [7, 11) is 0. The standard InChI is InChI=1S/C14H22N2O/c1-12-6-8-16-14(10-12)17-9-3-5-13-4-2-7-15-11-13/h6,8,10,13,15H,2-5,7,9,11H2,1H3. The van der Waals surface area contributed by atoms with Crippen molar-refractivity contribution in [2.45, 2.75) is 32.6 Å². The van der Waals surface area contributed by atoms with Crippen molar-refractivity contribution in [1.29, 1.82) is 0 Å². The molecule has 3 nitrogen and oxygen atoms in total. The Hall–Kier alpha value is -1.09. The molecule has 1 aliphatic rings. The van der Waals surface area contributed by atoms with E-state index in [0.29, 0.717) is 0 Å². The highest BCUT2D eigenvalue weighted by Gasteiger charge is 2.12. The van der Waals surface area contributed by atoms with Gasteiger partial charge in [0.05, 0.1) is 6.61 Å². The first kappa shape index (κ1) is 12.4. The van der Waals surface area contributed by atoms with E-state index in [1.54, 1.807) is 6.20 Å². The maximum atomic E-state index is 5.65. The second-order valence-corrected chi connectivity index (χ2v) is 4.87. The zero-order valence-electron chi connectivity index (χ0n) is 10.6. The molecule has 1 aliphatic heterocycles. The molecule has 3 heteroatoms. The lowest BCUT2D eigenvalue weighted by molar-refractivity contribution is 0.268. The molecule has 2 heterocycles. The van der Waals surface area contributed by atoms with Crippen LogP contribution in [0.4, 0.5) is 0 Å². The molecule has 0 bridgehead atoms. The molecule has 94 valence electrons. The lowest BCUT2D eigenvalue weighted by Gasteiger charge is -2.22. The number of ether oxygens (including phenoxy) is 1. The van der Waals surface area contributed by atoms with Crippen molar-refractivity contribution in [3.63, 3.8) is 0 Å². The summed E-state index contributed by atoms with van der Waals surface area (Å²) in [5.41, 5.74) is 1.20. The summed E-state index contributed by atoms with van der Waals surface area (Å²) in [4.78, 5) is 4.19. The Kier molecular flexibility index (Phi) is 4.80. The fourth-order valence-electron chi connectivity index (χ4n) is 2.31. The van der Waals surface area contributed by atoms with Gasteiger partial charge in [0.25, 0.3) is 0 Å². The highest BCUT2D eigenvalue weighted by molar-refractivity contribution is 5.18. The molecular weight excluding hydrogens is 212 g/mol. The molecule has 1 atom stereocenters. The van der Waals surface area contributed by atoms with Gasteiger partial charge in [-0.15, -0.1) is 0 Å². The van der Waals surface area contributed by atoms with Crippen molar-refractivity contribution in [3.05, 3.63) is 23.9 Å². The number of pyridine rings is 1. The summed E-state index contributed by atoms with van der Waals surface area (Å²) in [6, 6.07) is 3.97. The maximum Gasteiger partial charge on any atom is 0.213 e. The second-order valence-electron chi connectivity index (χ2n) is 4.87. The third kappa shape index (κ3) is 4.35. The van der Waals surface area contributed by atoms with Gasteiger partial charge in [-0.05, 0) is 63.2 Å². The first-order valence-corrected chi connectivity index (χ1v) is 6.61. The summed E-state index contributed by atoms with van der Waals surface area (Å²) >= 11 is 0. The van der Waals surface area contributed by atoms with Gasteiger partial charge in [-0.2, -0.15) is 0 Å². The van der Waals surface area contributed by atoms with Crippen LogP contribution < -0.4 is 10.1 Å². The minimum atomic E-state index is 0.756. The highest BCUT2D eigenvalue weighted by atomic mass is 16.5. The first-order chi connectivity index (χ1) is 8.34. The van der Waals surface area contributed by atoms with Crippen LogP contribution in [-0.2, 0) is 0 Å². The van der Waals surface area contributed by atoms with Crippen molar-refractivity contribution in [2.24, 2.45) is 5.92 Å². The van der Waals surface area contributed by atoms with Crippen molar-refractivity contribution in [1.82, 2.24) is 10.3 Å². The Morgan fingerprint density at radius 2 is 2.47 bits per heavy atom. The largest absolute Gasteiger partial charge is 0.478 e. The molecule has 1 unspecified atom stereocenters. The average Bonchev–Trinajstić information content (AvgIpc) is 2.36. The second kappa shape index (κ2) is 6.60. The molecule has 0 radical (unpaired) electrons. The molecule has 0 aliphatic carbocycles. The van der Waals surface area contributed by atoms with E-state index in [1.807, 2.05) is 12.1 Å². The van der Waals surface area contributed by atoms with E-state index < -0.39 is 0 Å². The molecule has 17 heavy (non-hydrogen) atoms. The van der Waals surface area contributed by atoms with E-state index >= 15 is 0 Å². The lowest BCUT2D eigenvalue weighted by Crippen LogP contribution is -2.29. The van der Waals surface area contributed by atoms with Crippen LogP contribution in [-0.4, -0.2) is 24.7 Å². The maximum absolute atomic E-state index is 5.65. The zero-order chi connectivity index (χ0) is 11.9. The predicted octanol–water partition coefficient (Wildman–Crippen LogP) is 2.55. The monoisotopic (exact) mass is 234 g/mol. The van der Waals surface area contributed by atoms with E-state index in [-0.39, 0.29) is 0 Å². The molecule has 1 aromatic rings. The van der Waals surface area contributed by atoms with Crippen LogP contribution >= 0.6 is 0 Å². The molecule has 1 aromatic heterocycles. The number of rotatable bonds is 5. The number of nitrogens with one attached hydrogen (secondary N) is 1. The van der Waals surface area contributed by atoms with Crippen LogP contribution in [0.3, 0.4) is 0 Å². The Morgan fingerprint density at radius 3 is 3.24 bits per heavy atom. The van der Waals surface area contributed by atoms with Crippen LogP contribution in [0.2, 0.25) is 0 Å². The number of hydrogen-bond donors (Lipinski definition) is 1. The van der Waals surface area contributed by atoms with Crippen molar-refractivity contribution in [3.8, 4) is 5.88 Å². The average molecular weight is 234 g/mol. The van der Waals surface area contributed by atoms with E-state index in [9.17, 15) is 0 Å². The van der Waals surface area contributed by atoms with E-state index in [1.165, 1.54) is 37.9 Å². The number of hydrogen-bond acceptors (Lipinski definition) is 3.